The van der Waals surface area contributed by atoms with E-state index in [2.05, 4.69) is 5.16 Å². The predicted octanol–water partition coefficient (Wildman–Crippen LogP) is 4.76. The Morgan fingerprint density at radius 1 is 1.14 bits per heavy atom. The number of hydrogen-bond acceptors (Lipinski definition) is 4. The Morgan fingerprint density at radius 2 is 1.86 bits per heavy atom. The molecule has 0 saturated heterocycles. The van der Waals surface area contributed by atoms with Gasteiger partial charge in [0.1, 0.15) is 5.76 Å². The van der Waals surface area contributed by atoms with Crippen molar-refractivity contribution in [1.82, 2.24) is 19.8 Å². The van der Waals surface area contributed by atoms with Crippen LogP contribution in [0.15, 0.2) is 71.4 Å². The second-order valence-electron chi connectivity index (χ2n) is 6.77. The minimum atomic E-state index is -0.212. The molecule has 0 unspecified atom stereocenters. The molecule has 146 valence electrons. The summed E-state index contributed by atoms with van der Waals surface area (Å²) in [6, 6.07) is 19.0. The first-order chi connectivity index (χ1) is 14.0. The number of benzene rings is 2. The largest absolute Gasteiger partial charge is 0.361 e. The summed E-state index contributed by atoms with van der Waals surface area (Å²) in [4.78, 5) is 14.3. The van der Waals surface area contributed by atoms with Gasteiger partial charge in [-0.3, -0.25) is 4.79 Å². The quantitative estimate of drug-likeness (QED) is 0.479. The standard InChI is InChI=1S/C22H19ClN4O2/c1-15-12-20(25-29-15)22(28)26(2)13-17-14-27(19-6-4-3-5-7-19)24-21(17)16-8-10-18(23)11-9-16/h3-12,14H,13H2,1-2H3. The number of aryl methyl sites for hydroxylation is 1. The molecule has 29 heavy (non-hydrogen) atoms. The fourth-order valence-corrected chi connectivity index (χ4v) is 3.21. The van der Waals surface area contributed by atoms with Crippen LogP contribution in [-0.4, -0.2) is 32.8 Å². The van der Waals surface area contributed by atoms with E-state index in [1.165, 1.54) is 0 Å². The lowest BCUT2D eigenvalue weighted by Gasteiger charge is -2.15. The van der Waals surface area contributed by atoms with Gasteiger partial charge in [-0.15, -0.1) is 0 Å². The van der Waals surface area contributed by atoms with E-state index in [-0.39, 0.29) is 11.6 Å². The van der Waals surface area contributed by atoms with Crippen LogP contribution in [0.5, 0.6) is 0 Å². The fraction of sp³-hybridized carbons (Fsp3) is 0.136. The molecule has 0 bridgehead atoms. The number of halogens is 1. The topological polar surface area (TPSA) is 64.2 Å². The SMILES string of the molecule is Cc1cc(C(=O)N(C)Cc2cn(-c3ccccc3)nc2-c2ccc(Cl)cc2)no1. The Hall–Kier alpha value is -3.38. The smallest absolute Gasteiger partial charge is 0.276 e. The van der Waals surface area contributed by atoms with Gasteiger partial charge >= 0.3 is 0 Å². The van der Waals surface area contributed by atoms with Gasteiger partial charge in [-0.2, -0.15) is 5.10 Å². The number of amides is 1. The average molecular weight is 407 g/mol. The Morgan fingerprint density at radius 3 is 2.52 bits per heavy atom. The second-order valence-corrected chi connectivity index (χ2v) is 7.21. The summed E-state index contributed by atoms with van der Waals surface area (Å²) in [5.74, 6) is 0.386. The first-order valence-electron chi connectivity index (χ1n) is 9.10. The number of aromatic nitrogens is 3. The van der Waals surface area contributed by atoms with Crippen LogP contribution in [-0.2, 0) is 6.54 Å². The van der Waals surface area contributed by atoms with Gasteiger partial charge in [-0.25, -0.2) is 4.68 Å². The van der Waals surface area contributed by atoms with Crippen LogP contribution in [0.4, 0.5) is 0 Å². The molecule has 0 saturated carbocycles. The van der Waals surface area contributed by atoms with Crippen molar-refractivity contribution in [3.8, 4) is 16.9 Å². The third kappa shape index (κ3) is 4.07. The molecule has 0 aliphatic rings. The van der Waals surface area contributed by atoms with Gasteiger partial charge < -0.3 is 9.42 Å². The number of rotatable bonds is 5. The van der Waals surface area contributed by atoms with Crippen molar-refractivity contribution in [2.75, 3.05) is 7.05 Å². The lowest BCUT2D eigenvalue weighted by atomic mass is 10.1. The van der Waals surface area contributed by atoms with Crippen molar-refractivity contribution >= 4 is 17.5 Å². The Bertz CT molecular complexity index is 1130. The third-order valence-electron chi connectivity index (χ3n) is 4.53. The van der Waals surface area contributed by atoms with Gasteiger partial charge in [0, 0.05) is 42.0 Å². The van der Waals surface area contributed by atoms with Crippen LogP contribution in [0.3, 0.4) is 0 Å². The maximum absolute atomic E-state index is 12.7. The normalized spacial score (nSPS) is 10.9. The summed E-state index contributed by atoms with van der Waals surface area (Å²) in [7, 11) is 1.73. The second kappa shape index (κ2) is 7.93. The van der Waals surface area contributed by atoms with Crippen LogP contribution in [0.25, 0.3) is 16.9 Å². The van der Waals surface area contributed by atoms with Crippen LogP contribution in [0.2, 0.25) is 5.02 Å². The number of carbonyl (C=O) groups is 1. The van der Waals surface area contributed by atoms with Gasteiger partial charge in [-0.1, -0.05) is 47.1 Å². The van der Waals surface area contributed by atoms with Crippen molar-refractivity contribution in [3.05, 3.63) is 88.9 Å². The third-order valence-corrected chi connectivity index (χ3v) is 4.78. The first-order valence-corrected chi connectivity index (χ1v) is 9.48. The Kier molecular flexibility index (Phi) is 5.18. The first kappa shape index (κ1) is 19.0. The van der Waals surface area contributed by atoms with Crippen LogP contribution in [0.1, 0.15) is 21.8 Å². The molecular formula is C22H19ClN4O2. The highest BCUT2D eigenvalue weighted by molar-refractivity contribution is 6.30. The van der Waals surface area contributed by atoms with Crippen molar-refractivity contribution < 1.29 is 9.32 Å². The summed E-state index contributed by atoms with van der Waals surface area (Å²) < 4.78 is 6.84. The Labute approximate surface area is 173 Å². The molecule has 0 N–H and O–H groups in total. The maximum Gasteiger partial charge on any atom is 0.276 e. The van der Waals surface area contributed by atoms with E-state index in [1.807, 2.05) is 65.5 Å². The van der Waals surface area contributed by atoms with Crippen LogP contribution < -0.4 is 0 Å². The van der Waals surface area contributed by atoms with E-state index < -0.39 is 0 Å². The molecule has 0 aliphatic heterocycles. The van der Waals surface area contributed by atoms with Crippen LogP contribution in [0, 0.1) is 6.92 Å². The van der Waals surface area contributed by atoms with E-state index in [0.29, 0.717) is 17.3 Å². The highest BCUT2D eigenvalue weighted by Crippen LogP contribution is 2.26. The van der Waals surface area contributed by atoms with Crippen LogP contribution >= 0.6 is 11.6 Å². The van der Waals surface area contributed by atoms with Gasteiger partial charge in [0.05, 0.1) is 11.4 Å². The molecule has 0 aliphatic carbocycles. The molecule has 2 aromatic carbocycles. The summed E-state index contributed by atoms with van der Waals surface area (Å²) >= 11 is 6.04. The minimum Gasteiger partial charge on any atom is -0.361 e. The minimum absolute atomic E-state index is 0.212. The van der Waals surface area contributed by atoms with Gasteiger partial charge in [0.2, 0.25) is 0 Å². The zero-order valence-corrected chi connectivity index (χ0v) is 16.8. The molecular weight excluding hydrogens is 388 g/mol. The molecule has 7 heteroatoms. The van der Waals surface area contributed by atoms with Gasteiger partial charge in [0.15, 0.2) is 5.69 Å². The maximum atomic E-state index is 12.7. The molecule has 2 aromatic heterocycles. The number of carbonyl (C=O) groups excluding carboxylic acids is 1. The van der Waals surface area contributed by atoms with E-state index in [0.717, 1.165) is 22.5 Å². The molecule has 1 amide bonds. The fourth-order valence-electron chi connectivity index (χ4n) is 3.08. The zero-order chi connectivity index (χ0) is 20.4. The molecule has 0 radical (unpaired) electrons. The number of para-hydroxylation sites is 1. The highest BCUT2D eigenvalue weighted by Gasteiger charge is 2.20. The average Bonchev–Trinajstić information content (AvgIpc) is 3.35. The monoisotopic (exact) mass is 406 g/mol. The van der Waals surface area contributed by atoms with E-state index in [4.69, 9.17) is 21.2 Å². The molecule has 0 spiro atoms. The van der Waals surface area contributed by atoms with Gasteiger partial charge in [0.25, 0.3) is 5.91 Å². The molecule has 0 atom stereocenters. The zero-order valence-electron chi connectivity index (χ0n) is 16.0. The molecule has 4 rings (SSSR count). The van der Waals surface area contributed by atoms with E-state index >= 15 is 0 Å². The highest BCUT2D eigenvalue weighted by atomic mass is 35.5. The summed E-state index contributed by atoms with van der Waals surface area (Å²) in [5.41, 5.74) is 3.86. The van der Waals surface area contributed by atoms with Crippen molar-refractivity contribution in [1.29, 1.82) is 0 Å². The van der Waals surface area contributed by atoms with Crippen molar-refractivity contribution in [2.45, 2.75) is 13.5 Å². The number of hydrogen-bond donors (Lipinski definition) is 0. The van der Waals surface area contributed by atoms with E-state index in [9.17, 15) is 4.79 Å². The molecule has 4 aromatic rings. The van der Waals surface area contributed by atoms with Crippen molar-refractivity contribution in [3.63, 3.8) is 0 Å². The van der Waals surface area contributed by atoms with Crippen molar-refractivity contribution in [2.24, 2.45) is 0 Å². The predicted molar refractivity (Wildman–Crippen MR) is 111 cm³/mol. The lowest BCUT2D eigenvalue weighted by Crippen LogP contribution is -2.26. The molecule has 2 heterocycles. The van der Waals surface area contributed by atoms with E-state index in [1.54, 1.807) is 24.9 Å². The molecule has 6 nitrogen and oxygen atoms in total. The Balaban J connectivity index is 1.69. The summed E-state index contributed by atoms with van der Waals surface area (Å²) in [6.07, 6.45) is 1.94. The lowest BCUT2D eigenvalue weighted by molar-refractivity contribution is 0.0775. The summed E-state index contributed by atoms with van der Waals surface area (Å²) in [6.45, 7) is 2.13. The molecule has 0 fully saturated rings. The number of nitrogens with zero attached hydrogens (tertiary/aromatic N) is 4. The van der Waals surface area contributed by atoms with Gasteiger partial charge in [-0.05, 0) is 31.2 Å². The summed E-state index contributed by atoms with van der Waals surface area (Å²) in [5, 5.41) is 9.25.